The van der Waals surface area contributed by atoms with Crippen molar-refractivity contribution in [1.82, 2.24) is 9.97 Å². The molecule has 0 aliphatic heterocycles. The van der Waals surface area contributed by atoms with Crippen LogP contribution in [0.4, 0.5) is 0 Å². The molecule has 0 aliphatic carbocycles. The van der Waals surface area contributed by atoms with Crippen molar-refractivity contribution < 1.29 is 40.9 Å². The maximum absolute atomic E-state index is 10.0. The van der Waals surface area contributed by atoms with Crippen LogP contribution in [-0.4, -0.2) is 21.9 Å². The molecule has 2 aromatic heterocycles. The minimum absolute atomic E-state index is 0. The molecule has 0 unspecified atom stereocenters. The quantitative estimate of drug-likeness (QED) is 0.588. The fourth-order valence-corrected chi connectivity index (χ4v) is 0.967. The van der Waals surface area contributed by atoms with Gasteiger partial charge in [0.15, 0.2) is 0 Å². The van der Waals surface area contributed by atoms with E-state index in [-0.39, 0.29) is 32.2 Å². The number of hydrogen-bond acceptors (Lipinski definition) is 6. The maximum Gasteiger partial charge on any atom is 2.00 e. The Hall–Kier alpha value is -2.07. The third-order valence-corrected chi connectivity index (χ3v) is 1.79. The van der Waals surface area contributed by atoms with E-state index in [0.717, 1.165) is 0 Å². The van der Waals surface area contributed by atoms with E-state index in [9.17, 15) is 19.8 Å². The van der Waals surface area contributed by atoms with Crippen molar-refractivity contribution in [3.63, 3.8) is 0 Å². The molecule has 7 heteroatoms. The van der Waals surface area contributed by atoms with E-state index in [1.807, 2.05) is 0 Å². The standard InChI is InChI=1S/2C6H5NO2.Pt/c2*8-6(9)5-2-1-3-7-4-5;/h2*1-4H,(H,8,9);/q;;+2/p-2. The largest absolute Gasteiger partial charge is 2.00 e. The Morgan fingerprint density at radius 1 is 0.842 bits per heavy atom. The molecule has 6 nitrogen and oxygen atoms in total. The van der Waals surface area contributed by atoms with Gasteiger partial charge in [-0.15, -0.1) is 0 Å². The Labute approximate surface area is 123 Å². The van der Waals surface area contributed by atoms with Gasteiger partial charge in [-0.1, -0.05) is 12.1 Å². The van der Waals surface area contributed by atoms with Crippen molar-refractivity contribution in [3.8, 4) is 0 Å². The van der Waals surface area contributed by atoms with Gasteiger partial charge in [0.05, 0.1) is 11.9 Å². The summed E-state index contributed by atoms with van der Waals surface area (Å²) in [6, 6.07) is 5.96. The molecule has 0 saturated heterocycles. The first-order valence-electron chi connectivity index (χ1n) is 4.84. The number of pyridine rings is 2. The molecule has 0 radical (unpaired) electrons. The van der Waals surface area contributed by atoms with Gasteiger partial charge in [-0.25, -0.2) is 0 Å². The fourth-order valence-electron chi connectivity index (χ4n) is 0.967. The van der Waals surface area contributed by atoms with Crippen molar-refractivity contribution in [2.75, 3.05) is 0 Å². The SMILES string of the molecule is O=C([O-])c1cccnc1.O=C([O-])c1cccnc1.[Pt+2]. The molecule has 0 aromatic carbocycles. The number of carboxylic acid groups (broad SMARTS) is 2. The van der Waals surface area contributed by atoms with E-state index in [0.29, 0.717) is 0 Å². The minimum atomic E-state index is -1.19. The van der Waals surface area contributed by atoms with Crippen LogP contribution in [0.15, 0.2) is 49.1 Å². The van der Waals surface area contributed by atoms with Crippen LogP contribution < -0.4 is 10.2 Å². The summed E-state index contributed by atoms with van der Waals surface area (Å²) in [7, 11) is 0. The summed E-state index contributed by atoms with van der Waals surface area (Å²) in [5.74, 6) is -2.38. The summed E-state index contributed by atoms with van der Waals surface area (Å²) in [6.45, 7) is 0. The molecule has 100 valence electrons. The van der Waals surface area contributed by atoms with E-state index < -0.39 is 11.9 Å². The normalized spacial score (nSPS) is 8.42. The number of carboxylic acids is 2. The minimum Gasteiger partial charge on any atom is -0.545 e. The van der Waals surface area contributed by atoms with Crippen molar-refractivity contribution in [2.24, 2.45) is 0 Å². The Morgan fingerprint density at radius 2 is 1.21 bits per heavy atom. The molecule has 0 saturated carbocycles. The summed E-state index contributed by atoms with van der Waals surface area (Å²) >= 11 is 0. The Morgan fingerprint density at radius 3 is 1.37 bits per heavy atom. The third-order valence-electron chi connectivity index (χ3n) is 1.79. The number of hydrogen-bond donors (Lipinski definition) is 0. The first-order valence-corrected chi connectivity index (χ1v) is 4.84. The summed E-state index contributed by atoms with van der Waals surface area (Å²) in [4.78, 5) is 27.3. The summed E-state index contributed by atoms with van der Waals surface area (Å²) in [6.07, 6.45) is 5.50. The predicted octanol–water partition coefficient (Wildman–Crippen LogP) is -1.11. The molecule has 0 spiro atoms. The molecule has 0 N–H and O–H groups in total. The first kappa shape index (κ1) is 16.9. The van der Waals surface area contributed by atoms with Gasteiger partial charge in [0.25, 0.3) is 0 Å². The third kappa shape index (κ3) is 6.43. The molecule has 2 aromatic rings. The molecule has 0 aliphatic rings. The van der Waals surface area contributed by atoms with Crippen LogP contribution in [0, 0.1) is 0 Å². The van der Waals surface area contributed by atoms with E-state index >= 15 is 0 Å². The van der Waals surface area contributed by atoms with Crippen LogP contribution in [0.5, 0.6) is 0 Å². The summed E-state index contributed by atoms with van der Waals surface area (Å²) in [5.41, 5.74) is 0.218. The molecule has 2 heterocycles. The van der Waals surface area contributed by atoms with E-state index in [1.54, 1.807) is 12.1 Å². The smallest absolute Gasteiger partial charge is 0.545 e. The molecule has 0 bridgehead atoms. The number of nitrogens with zero attached hydrogens (tertiary/aromatic N) is 2. The topological polar surface area (TPSA) is 106 Å². The Kier molecular flexibility index (Phi) is 7.96. The monoisotopic (exact) mass is 439 g/mol. The van der Waals surface area contributed by atoms with Gasteiger partial charge in [0.2, 0.25) is 0 Å². The van der Waals surface area contributed by atoms with Crippen LogP contribution in [-0.2, 0) is 21.1 Å². The second-order valence-electron chi connectivity index (χ2n) is 3.06. The van der Waals surface area contributed by atoms with Gasteiger partial charge in [0.1, 0.15) is 0 Å². The van der Waals surface area contributed by atoms with Crippen LogP contribution in [0.3, 0.4) is 0 Å². The zero-order valence-electron chi connectivity index (χ0n) is 9.46. The van der Waals surface area contributed by atoms with Gasteiger partial charge in [-0.3, -0.25) is 9.97 Å². The van der Waals surface area contributed by atoms with Crippen LogP contribution in [0.2, 0.25) is 0 Å². The molecular weight excluding hydrogens is 431 g/mol. The predicted molar refractivity (Wildman–Crippen MR) is 57.1 cm³/mol. The molecule has 2 rings (SSSR count). The molecule has 0 fully saturated rings. The zero-order valence-corrected chi connectivity index (χ0v) is 11.7. The van der Waals surface area contributed by atoms with Crippen molar-refractivity contribution in [3.05, 3.63) is 60.2 Å². The second-order valence-corrected chi connectivity index (χ2v) is 3.06. The van der Waals surface area contributed by atoms with E-state index in [1.165, 1.54) is 36.9 Å². The van der Waals surface area contributed by atoms with E-state index in [2.05, 4.69) is 9.97 Å². The average Bonchev–Trinajstić information content (AvgIpc) is 2.41. The Bertz CT molecular complexity index is 470. The van der Waals surface area contributed by atoms with Crippen LogP contribution >= 0.6 is 0 Å². The van der Waals surface area contributed by atoms with Gasteiger partial charge in [0, 0.05) is 35.9 Å². The first-order chi connectivity index (χ1) is 8.61. The van der Waals surface area contributed by atoms with Gasteiger partial charge < -0.3 is 19.8 Å². The molecular formula is C12H8N2O4Pt. The number of rotatable bonds is 2. The van der Waals surface area contributed by atoms with Crippen molar-refractivity contribution >= 4 is 11.9 Å². The number of carbonyl (C=O) groups is 2. The maximum atomic E-state index is 10.0. The van der Waals surface area contributed by atoms with Gasteiger partial charge >= 0.3 is 21.1 Å². The number of aromatic carboxylic acids is 2. The number of carbonyl (C=O) groups excluding carboxylic acids is 2. The van der Waals surface area contributed by atoms with Crippen molar-refractivity contribution in [1.29, 1.82) is 0 Å². The molecule has 0 atom stereocenters. The fraction of sp³-hybridized carbons (Fsp3) is 0. The zero-order chi connectivity index (χ0) is 13.4. The van der Waals surface area contributed by atoms with Crippen molar-refractivity contribution in [2.45, 2.75) is 0 Å². The van der Waals surface area contributed by atoms with E-state index in [4.69, 9.17) is 0 Å². The second kappa shape index (κ2) is 8.94. The van der Waals surface area contributed by atoms with Crippen LogP contribution in [0.25, 0.3) is 0 Å². The molecule has 0 amide bonds. The number of aromatic nitrogens is 2. The average molecular weight is 439 g/mol. The molecule has 19 heavy (non-hydrogen) atoms. The van der Waals surface area contributed by atoms with Gasteiger partial charge in [-0.05, 0) is 12.1 Å². The van der Waals surface area contributed by atoms with Crippen LogP contribution in [0.1, 0.15) is 20.7 Å². The van der Waals surface area contributed by atoms with Gasteiger partial charge in [-0.2, -0.15) is 0 Å². The summed E-state index contributed by atoms with van der Waals surface area (Å²) in [5, 5.41) is 20.1. The summed E-state index contributed by atoms with van der Waals surface area (Å²) < 4.78 is 0. The Balaban J connectivity index is 0.000000324.